The summed E-state index contributed by atoms with van der Waals surface area (Å²) in [4.78, 5) is 2.03. The number of amidine groups is 1. The van der Waals surface area contributed by atoms with Crippen molar-refractivity contribution in [1.82, 2.24) is 4.90 Å². The summed E-state index contributed by atoms with van der Waals surface area (Å²) in [6.45, 7) is 2.84. The van der Waals surface area contributed by atoms with Crippen LogP contribution in [-0.2, 0) is 6.54 Å². The fourth-order valence-corrected chi connectivity index (χ4v) is 2.69. The first kappa shape index (κ1) is 11.5. The second kappa shape index (κ2) is 4.45. The zero-order valence-corrected chi connectivity index (χ0v) is 10.3. The lowest BCUT2D eigenvalue weighted by atomic mass is 10.1. The van der Waals surface area contributed by atoms with E-state index < -0.39 is 0 Å². The van der Waals surface area contributed by atoms with E-state index in [1.54, 1.807) is 17.8 Å². The van der Waals surface area contributed by atoms with E-state index in [2.05, 4.69) is 13.2 Å². The highest BCUT2D eigenvalue weighted by Crippen LogP contribution is 2.25. The number of thioether (sulfide) groups is 1. The van der Waals surface area contributed by atoms with Gasteiger partial charge in [-0.2, -0.15) is 11.8 Å². The summed E-state index contributed by atoms with van der Waals surface area (Å²) in [6, 6.07) is 5.03. The van der Waals surface area contributed by atoms with Gasteiger partial charge in [0, 0.05) is 23.9 Å². The first-order chi connectivity index (χ1) is 7.63. The largest absolute Gasteiger partial charge is 0.349 e. The summed E-state index contributed by atoms with van der Waals surface area (Å²) >= 11 is 1.77. The van der Waals surface area contributed by atoms with E-state index in [0.717, 1.165) is 23.4 Å². The Balaban J connectivity index is 2.24. The Hall–Kier alpha value is -1.03. The highest BCUT2D eigenvalue weighted by Gasteiger charge is 2.27. The predicted molar refractivity (Wildman–Crippen MR) is 66.6 cm³/mol. The van der Waals surface area contributed by atoms with Crippen LogP contribution in [0, 0.1) is 11.2 Å². The Morgan fingerprint density at radius 3 is 3.00 bits per heavy atom. The smallest absolute Gasteiger partial charge is 0.129 e. The zero-order chi connectivity index (χ0) is 11.7. The third-order valence-corrected chi connectivity index (χ3v) is 3.71. The predicted octanol–water partition coefficient (Wildman–Crippen LogP) is 2.72. The molecule has 1 aromatic carbocycles. The van der Waals surface area contributed by atoms with Gasteiger partial charge in [-0.1, -0.05) is 6.07 Å². The van der Waals surface area contributed by atoms with E-state index in [4.69, 9.17) is 5.41 Å². The van der Waals surface area contributed by atoms with Gasteiger partial charge in [0.15, 0.2) is 0 Å². The first-order valence-electron chi connectivity index (χ1n) is 5.26. The van der Waals surface area contributed by atoms with Crippen LogP contribution in [0.4, 0.5) is 4.39 Å². The van der Waals surface area contributed by atoms with Crippen LogP contribution in [-0.4, -0.2) is 28.8 Å². The van der Waals surface area contributed by atoms with E-state index in [0.29, 0.717) is 11.9 Å². The van der Waals surface area contributed by atoms with Crippen molar-refractivity contribution in [3.05, 3.63) is 35.1 Å². The molecule has 4 heteroatoms. The van der Waals surface area contributed by atoms with E-state index in [9.17, 15) is 4.39 Å². The van der Waals surface area contributed by atoms with Crippen molar-refractivity contribution in [3.8, 4) is 0 Å². The van der Waals surface area contributed by atoms with Crippen molar-refractivity contribution in [3.63, 3.8) is 0 Å². The molecule has 1 heterocycles. The number of hydrogen-bond acceptors (Lipinski definition) is 2. The van der Waals surface area contributed by atoms with E-state index in [1.165, 1.54) is 12.1 Å². The Kier molecular flexibility index (Phi) is 3.19. The fourth-order valence-electron chi connectivity index (χ4n) is 2.03. The lowest BCUT2D eigenvalue weighted by molar-refractivity contribution is 0.360. The number of fused-ring (bicyclic) bond motifs is 1. The summed E-state index contributed by atoms with van der Waals surface area (Å²) in [5.74, 6) is 1.18. The van der Waals surface area contributed by atoms with Crippen LogP contribution < -0.4 is 0 Å². The molecule has 1 N–H and O–H groups in total. The van der Waals surface area contributed by atoms with E-state index in [-0.39, 0.29) is 5.82 Å². The molecule has 0 aromatic heterocycles. The third kappa shape index (κ3) is 1.94. The number of rotatable bonds is 3. The monoisotopic (exact) mass is 238 g/mol. The van der Waals surface area contributed by atoms with Crippen LogP contribution in [0.1, 0.15) is 18.1 Å². The molecule has 1 aliphatic heterocycles. The molecule has 0 radical (unpaired) electrons. The maximum absolute atomic E-state index is 13.1. The van der Waals surface area contributed by atoms with Crippen molar-refractivity contribution in [2.45, 2.75) is 19.5 Å². The minimum atomic E-state index is -0.261. The lowest BCUT2D eigenvalue weighted by Gasteiger charge is -2.25. The lowest BCUT2D eigenvalue weighted by Crippen LogP contribution is -2.34. The summed E-state index contributed by atoms with van der Waals surface area (Å²) in [6.07, 6.45) is 2.06. The van der Waals surface area contributed by atoms with Crippen LogP contribution in [0.3, 0.4) is 0 Å². The molecule has 0 bridgehead atoms. The highest BCUT2D eigenvalue weighted by molar-refractivity contribution is 7.98. The molecular weight excluding hydrogens is 223 g/mol. The minimum Gasteiger partial charge on any atom is -0.349 e. The third-order valence-electron chi connectivity index (χ3n) is 2.89. The first-order valence-corrected chi connectivity index (χ1v) is 6.65. The van der Waals surface area contributed by atoms with Gasteiger partial charge in [-0.15, -0.1) is 0 Å². The summed E-state index contributed by atoms with van der Waals surface area (Å²) in [5.41, 5.74) is 1.80. The fraction of sp³-hybridized carbons (Fsp3) is 0.417. The average Bonchev–Trinajstić information content (AvgIpc) is 2.57. The summed E-state index contributed by atoms with van der Waals surface area (Å²) in [5, 5.41) is 8.04. The minimum absolute atomic E-state index is 0.261. The van der Waals surface area contributed by atoms with Gasteiger partial charge in [0.05, 0.1) is 0 Å². The van der Waals surface area contributed by atoms with Crippen molar-refractivity contribution < 1.29 is 4.39 Å². The molecule has 0 fully saturated rings. The van der Waals surface area contributed by atoms with Gasteiger partial charge in [-0.3, -0.25) is 5.41 Å². The van der Waals surface area contributed by atoms with Gasteiger partial charge < -0.3 is 4.90 Å². The molecule has 16 heavy (non-hydrogen) atoms. The Morgan fingerprint density at radius 1 is 1.56 bits per heavy atom. The molecule has 0 saturated heterocycles. The molecule has 1 aromatic rings. The molecule has 0 amide bonds. The summed E-state index contributed by atoms with van der Waals surface area (Å²) < 4.78 is 13.1. The molecule has 1 atom stereocenters. The molecular formula is C12H15FN2S. The number of halogens is 1. The van der Waals surface area contributed by atoms with Crippen molar-refractivity contribution in [1.29, 1.82) is 5.41 Å². The van der Waals surface area contributed by atoms with Crippen LogP contribution in [0.25, 0.3) is 0 Å². The van der Waals surface area contributed by atoms with E-state index in [1.807, 2.05) is 4.90 Å². The van der Waals surface area contributed by atoms with Crippen LogP contribution in [0.2, 0.25) is 0 Å². The van der Waals surface area contributed by atoms with Crippen LogP contribution in [0.15, 0.2) is 18.2 Å². The van der Waals surface area contributed by atoms with Gasteiger partial charge in [-0.25, -0.2) is 4.39 Å². The standard InChI is InChI=1S/C12H15FN2S/c1-8(7-16-2)15-6-9-3-4-10(13)5-11(9)12(15)14/h3-5,8,14H,6-7H2,1-2H3. The maximum atomic E-state index is 13.1. The molecule has 2 rings (SSSR count). The number of nitrogens with one attached hydrogen (secondary N) is 1. The zero-order valence-electron chi connectivity index (χ0n) is 9.46. The molecule has 0 spiro atoms. The second-order valence-electron chi connectivity index (χ2n) is 4.08. The number of benzene rings is 1. The normalized spacial score (nSPS) is 16.4. The molecule has 0 aliphatic carbocycles. The van der Waals surface area contributed by atoms with Crippen molar-refractivity contribution in [2.24, 2.45) is 0 Å². The quantitative estimate of drug-likeness (QED) is 0.876. The van der Waals surface area contributed by atoms with Gasteiger partial charge in [0.25, 0.3) is 0 Å². The summed E-state index contributed by atoms with van der Waals surface area (Å²) in [7, 11) is 0. The molecule has 2 nitrogen and oxygen atoms in total. The molecule has 1 unspecified atom stereocenters. The molecule has 0 saturated carbocycles. The Labute approximate surface area is 99.3 Å². The average molecular weight is 238 g/mol. The second-order valence-corrected chi connectivity index (χ2v) is 4.99. The van der Waals surface area contributed by atoms with Gasteiger partial charge in [0.1, 0.15) is 11.7 Å². The van der Waals surface area contributed by atoms with Crippen LogP contribution >= 0.6 is 11.8 Å². The van der Waals surface area contributed by atoms with Gasteiger partial charge >= 0.3 is 0 Å². The number of nitrogens with zero attached hydrogens (tertiary/aromatic N) is 1. The van der Waals surface area contributed by atoms with Gasteiger partial charge in [-0.05, 0) is 30.9 Å². The molecule has 1 aliphatic rings. The van der Waals surface area contributed by atoms with Crippen molar-refractivity contribution >= 4 is 17.6 Å². The van der Waals surface area contributed by atoms with Crippen LogP contribution in [0.5, 0.6) is 0 Å². The highest BCUT2D eigenvalue weighted by atomic mass is 32.2. The van der Waals surface area contributed by atoms with E-state index >= 15 is 0 Å². The molecule has 86 valence electrons. The SMILES string of the molecule is CSCC(C)N1Cc2ccc(F)cc2C1=N. The Bertz CT molecular complexity index is 419. The topological polar surface area (TPSA) is 27.1 Å². The van der Waals surface area contributed by atoms with Crippen molar-refractivity contribution in [2.75, 3.05) is 12.0 Å². The Morgan fingerprint density at radius 2 is 2.31 bits per heavy atom. The maximum Gasteiger partial charge on any atom is 0.129 e. The number of hydrogen-bond donors (Lipinski definition) is 1. The van der Waals surface area contributed by atoms with Gasteiger partial charge in [0.2, 0.25) is 0 Å².